The number of benzene rings is 10. The van der Waals surface area contributed by atoms with Crippen LogP contribution in [0.2, 0.25) is 0 Å². The third-order valence-electron chi connectivity index (χ3n) is 12.5. The zero-order valence-corrected chi connectivity index (χ0v) is 34.0. The molecule has 38 rings (SSSR count). The van der Waals surface area contributed by atoms with Gasteiger partial charge in [-0.2, -0.15) is 0 Å². The highest BCUT2D eigenvalue weighted by Gasteiger charge is 2.10. The molecule has 10 aromatic rings. The summed E-state index contributed by atoms with van der Waals surface area (Å²) in [5, 5.41) is 0. The molecule has 0 heterocycles. The van der Waals surface area contributed by atoms with Crippen LogP contribution in [0.25, 0.3) is 111 Å². The lowest BCUT2D eigenvalue weighted by Crippen LogP contribution is -1.87. The monoisotopic (exact) mass is 774 g/mol. The lowest BCUT2D eigenvalue weighted by atomic mass is 9.93. The van der Waals surface area contributed by atoms with Crippen LogP contribution in [-0.4, -0.2) is 0 Å². The molecule has 20 bridgehead atoms. The minimum Gasteiger partial charge on any atom is -0.0538 e. The molecule has 0 unspecified atom stereocenters. The minimum absolute atomic E-state index is 1.21. The van der Waals surface area contributed by atoms with Crippen LogP contribution in [0.15, 0.2) is 237 Å². The van der Waals surface area contributed by atoms with Gasteiger partial charge < -0.3 is 0 Å². The fraction of sp³-hybridized carbons (Fsp3) is 0.0164. The molecule has 0 aliphatic heterocycles. The molecule has 0 saturated heterocycles. The topological polar surface area (TPSA) is 0 Å². The van der Waals surface area contributed by atoms with Crippen molar-refractivity contribution in [3.05, 3.63) is 242 Å². The number of aryl methyl sites for hydroxylation is 1. The van der Waals surface area contributed by atoms with Gasteiger partial charge in [0, 0.05) is 0 Å². The van der Waals surface area contributed by atoms with Crippen LogP contribution >= 0.6 is 0 Å². The number of hydrogen-bond donors (Lipinski definition) is 0. The first kappa shape index (κ1) is 36.3. The van der Waals surface area contributed by atoms with Crippen molar-refractivity contribution in [1.29, 1.82) is 0 Å². The van der Waals surface area contributed by atoms with Crippen LogP contribution in [0.5, 0.6) is 0 Å². The normalized spacial score (nSPS) is 11.4. The lowest BCUT2D eigenvalue weighted by molar-refractivity contribution is 1.45. The maximum Gasteiger partial charge on any atom is -0.0154 e. The highest BCUT2D eigenvalue weighted by atomic mass is 14.1. The molecule has 0 spiro atoms. The van der Waals surface area contributed by atoms with Gasteiger partial charge in [0.25, 0.3) is 0 Å². The molecule has 0 radical (unpaired) electrons. The first-order valence-corrected chi connectivity index (χ1v) is 21.1. The van der Waals surface area contributed by atoms with E-state index in [9.17, 15) is 0 Å². The van der Waals surface area contributed by atoms with Gasteiger partial charge >= 0.3 is 0 Å². The lowest BCUT2D eigenvalue weighted by Gasteiger charge is -2.12. The third kappa shape index (κ3) is 7.20. The zero-order valence-electron chi connectivity index (χ0n) is 34.0. The Balaban J connectivity index is 0.913. The number of rotatable bonds is 0. The summed E-state index contributed by atoms with van der Waals surface area (Å²) in [5.41, 5.74) is 25.6. The van der Waals surface area contributed by atoms with Crippen LogP contribution in [0, 0.1) is 6.92 Å². The van der Waals surface area contributed by atoms with Gasteiger partial charge in [0.2, 0.25) is 0 Å². The average molecular weight is 775 g/mol. The Kier molecular flexibility index (Phi) is 9.17. The van der Waals surface area contributed by atoms with Gasteiger partial charge in [-0.1, -0.05) is 237 Å². The molecule has 286 valence electrons. The van der Waals surface area contributed by atoms with Crippen LogP contribution in [0.1, 0.15) is 5.56 Å². The Morgan fingerprint density at radius 3 is 0.443 bits per heavy atom. The van der Waals surface area contributed by atoms with Gasteiger partial charge in [0.1, 0.15) is 0 Å². The maximum absolute atomic E-state index is 2.31. The van der Waals surface area contributed by atoms with E-state index in [1.54, 1.807) is 0 Å². The summed E-state index contributed by atoms with van der Waals surface area (Å²) >= 11 is 0. The second-order valence-corrected chi connectivity index (χ2v) is 16.2. The summed E-state index contributed by atoms with van der Waals surface area (Å²) in [4.78, 5) is 0. The molecule has 0 N–H and O–H groups in total. The Morgan fingerprint density at radius 2 is 0.279 bits per heavy atom. The van der Waals surface area contributed by atoms with E-state index in [4.69, 9.17) is 0 Å². The SMILES string of the molecule is Cc1cc2ccc1-c1ccc(cc1)-c1ccc(cc1)-c1ccc(cc1)-c1ccc(cc1)-c1ccc(cc1)-c1ccc(cc1)-c1ccc(cc1)-c1ccc(cc1)-c1ccc-2cc1. The molecule has 10 aromatic carbocycles. The fourth-order valence-electron chi connectivity index (χ4n) is 8.85. The minimum atomic E-state index is 1.21. The largest absolute Gasteiger partial charge is 0.0538 e. The van der Waals surface area contributed by atoms with Crippen molar-refractivity contribution in [2.24, 2.45) is 0 Å². The standard InChI is InChI=1S/C61H42/c1-41-40-60-38-39-61(41)59-36-34-57(35-37-59)55-28-26-53(27-29-55)51-20-18-49(19-21-51)47-12-10-45(11-13-47)43-4-2-42(3-5-43)44-6-8-46(9-7-44)48-14-16-50(17-15-48)52-22-24-54(25-23-52)56-30-32-58(60)33-31-56/h2-40H,1H3. The molecule has 0 fully saturated rings. The van der Waals surface area contributed by atoms with Crippen LogP contribution in [0.3, 0.4) is 0 Å². The summed E-state index contributed by atoms with van der Waals surface area (Å²) in [6, 6.07) is 87.2. The van der Waals surface area contributed by atoms with Crippen molar-refractivity contribution >= 4 is 0 Å². The van der Waals surface area contributed by atoms with Gasteiger partial charge in [0.15, 0.2) is 0 Å². The first-order chi connectivity index (χ1) is 30.1. The molecular formula is C61H42. The van der Waals surface area contributed by atoms with E-state index in [0.29, 0.717) is 0 Å². The molecule has 28 aliphatic carbocycles. The van der Waals surface area contributed by atoms with Gasteiger partial charge in [-0.3, -0.25) is 0 Å². The van der Waals surface area contributed by atoms with E-state index in [-0.39, 0.29) is 0 Å². The second kappa shape index (κ2) is 15.4. The van der Waals surface area contributed by atoms with Crippen molar-refractivity contribution in [3.63, 3.8) is 0 Å². The van der Waals surface area contributed by atoms with Crippen molar-refractivity contribution in [2.75, 3.05) is 0 Å². The smallest absolute Gasteiger partial charge is 0.0154 e. The summed E-state index contributed by atoms with van der Waals surface area (Å²) in [5.74, 6) is 0. The highest BCUT2D eigenvalue weighted by Crippen LogP contribution is 2.35. The zero-order chi connectivity index (χ0) is 40.7. The van der Waals surface area contributed by atoms with Crippen molar-refractivity contribution in [2.45, 2.75) is 6.92 Å². The molecule has 0 amide bonds. The quantitative estimate of drug-likeness (QED) is 0.144. The second-order valence-electron chi connectivity index (χ2n) is 16.2. The molecule has 28 aliphatic rings. The van der Waals surface area contributed by atoms with E-state index >= 15 is 0 Å². The van der Waals surface area contributed by atoms with Crippen molar-refractivity contribution < 1.29 is 0 Å². The Hall–Kier alpha value is -7.80. The first-order valence-electron chi connectivity index (χ1n) is 21.1. The predicted octanol–water partition coefficient (Wildman–Crippen LogP) is 17.0. The highest BCUT2D eigenvalue weighted by molar-refractivity contribution is 5.81. The van der Waals surface area contributed by atoms with Crippen LogP contribution in [0.4, 0.5) is 0 Å². The summed E-state index contributed by atoms with van der Waals surface area (Å²) in [6.07, 6.45) is 0. The maximum atomic E-state index is 2.31. The number of hydrogen-bond acceptors (Lipinski definition) is 0. The van der Waals surface area contributed by atoms with E-state index < -0.39 is 0 Å². The molecule has 0 heteroatoms. The Labute approximate surface area is 358 Å². The molecule has 0 nitrogen and oxygen atoms in total. The van der Waals surface area contributed by atoms with E-state index in [1.165, 1.54) is 117 Å². The van der Waals surface area contributed by atoms with E-state index in [2.05, 4.69) is 244 Å². The molecule has 0 saturated carbocycles. The molecule has 0 atom stereocenters. The average Bonchev–Trinajstić information content (AvgIpc) is 3.34. The van der Waals surface area contributed by atoms with Gasteiger partial charge in [-0.05, 0) is 124 Å². The Morgan fingerprint density at radius 1 is 0.148 bits per heavy atom. The van der Waals surface area contributed by atoms with Gasteiger partial charge in [-0.15, -0.1) is 0 Å². The molecule has 0 aromatic heterocycles. The van der Waals surface area contributed by atoms with Gasteiger partial charge in [-0.25, -0.2) is 0 Å². The summed E-state index contributed by atoms with van der Waals surface area (Å²) in [7, 11) is 0. The Bertz CT molecular complexity index is 3110. The van der Waals surface area contributed by atoms with Gasteiger partial charge in [0.05, 0.1) is 0 Å². The van der Waals surface area contributed by atoms with Crippen LogP contribution < -0.4 is 0 Å². The van der Waals surface area contributed by atoms with Crippen LogP contribution in [-0.2, 0) is 0 Å². The van der Waals surface area contributed by atoms with Crippen molar-refractivity contribution in [1.82, 2.24) is 0 Å². The van der Waals surface area contributed by atoms with E-state index in [1.807, 2.05) is 0 Å². The molecular weight excluding hydrogens is 733 g/mol. The third-order valence-corrected chi connectivity index (χ3v) is 12.5. The predicted molar refractivity (Wildman–Crippen MR) is 259 cm³/mol. The summed E-state index contributed by atoms with van der Waals surface area (Å²) < 4.78 is 0. The fourth-order valence-corrected chi connectivity index (χ4v) is 8.85. The summed E-state index contributed by atoms with van der Waals surface area (Å²) in [6.45, 7) is 2.21. The van der Waals surface area contributed by atoms with E-state index in [0.717, 1.165) is 0 Å². The molecule has 61 heavy (non-hydrogen) atoms. The van der Waals surface area contributed by atoms with Crippen molar-refractivity contribution in [3.8, 4) is 111 Å².